The maximum absolute atomic E-state index is 3.70. The molecule has 1 N–H and O–H groups in total. The van der Waals surface area contributed by atoms with Crippen LogP contribution in [0.2, 0.25) is 0 Å². The van der Waals surface area contributed by atoms with E-state index in [1.165, 1.54) is 29.0 Å². The molecule has 0 amide bonds. The Kier molecular flexibility index (Phi) is 2.14. The van der Waals surface area contributed by atoms with E-state index in [0.717, 1.165) is 24.4 Å². The van der Waals surface area contributed by atoms with Crippen LogP contribution >= 0.6 is 11.3 Å². The van der Waals surface area contributed by atoms with Gasteiger partial charge in [-0.15, -0.1) is 11.3 Å². The van der Waals surface area contributed by atoms with Gasteiger partial charge in [-0.1, -0.05) is 6.42 Å². The summed E-state index contributed by atoms with van der Waals surface area (Å²) in [6, 6.07) is 5.34. The zero-order chi connectivity index (χ0) is 9.54. The SMILES string of the molecule is Cc1ccc(CNC2C3CCCC32)s1. The molecule has 2 fully saturated rings. The van der Waals surface area contributed by atoms with Gasteiger partial charge < -0.3 is 5.32 Å². The Balaban J connectivity index is 1.51. The first-order chi connectivity index (χ1) is 6.84. The smallest absolute Gasteiger partial charge is 0.0302 e. The molecular weight excluding hydrogens is 190 g/mol. The summed E-state index contributed by atoms with van der Waals surface area (Å²) in [4.78, 5) is 2.92. The van der Waals surface area contributed by atoms with E-state index in [4.69, 9.17) is 0 Å². The molecule has 1 nitrogen and oxygen atoms in total. The fourth-order valence-corrected chi connectivity index (χ4v) is 3.76. The zero-order valence-electron chi connectivity index (χ0n) is 8.62. The number of aryl methyl sites for hydroxylation is 1. The van der Waals surface area contributed by atoms with E-state index in [1.54, 1.807) is 0 Å². The second-order valence-electron chi connectivity index (χ2n) is 4.68. The monoisotopic (exact) mass is 207 g/mol. The largest absolute Gasteiger partial charge is 0.309 e. The molecule has 0 aliphatic heterocycles. The molecule has 2 heteroatoms. The van der Waals surface area contributed by atoms with Crippen molar-refractivity contribution in [2.24, 2.45) is 11.8 Å². The number of fused-ring (bicyclic) bond motifs is 1. The molecule has 14 heavy (non-hydrogen) atoms. The molecule has 0 spiro atoms. The summed E-state index contributed by atoms with van der Waals surface area (Å²) in [5.74, 6) is 2.08. The lowest BCUT2D eigenvalue weighted by Gasteiger charge is -2.04. The van der Waals surface area contributed by atoms with Crippen LogP contribution in [0.15, 0.2) is 12.1 Å². The van der Waals surface area contributed by atoms with E-state index >= 15 is 0 Å². The third kappa shape index (κ3) is 1.51. The Morgan fingerprint density at radius 3 is 2.79 bits per heavy atom. The summed E-state index contributed by atoms with van der Waals surface area (Å²) < 4.78 is 0. The van der Waals surface area contributed by atoms with E-state index in [2.05, 4.69) is 24.4 Å². The average molecular weight is 207 g/mol. The van der Waals surface area contributed by atoms with Crippen LogP contribution in [0.3, 0.4) is 0 Å². The van der Waals surface area contributed by atoms with Crippen LogP contribution < -0.4 is 5.32 Å². The molecule has 2 aliphatic rings. The Morgan fingerprint density at radius 1 is 1.36 bits per heavy atom. The molecule has 3 rings (SSSR count). The predicted molar refractivity (Wildman–Crippen MR) is 60.5 cm³/mol. The molecule has 0 saturated heterocycles. The summed E-state index contributed by atoms with van der Waals surface area (Å²) >= 11 is 1.92. The van der Waals surface area contributed by atoms with E-state index in [-0.39, 0.29) is 0 Å². The lowest BCUT2D eigenvalue weighted by molar-refractivity contribution is 0.563. The second-order valence-corrected chi connectivity index (χ2v) is 6.05. The highest BCUT2D eigenvalue weighted by Crippen LogP contribution is 2.51. The van der Waals surface area contributed by atoms with Crippen molar-refractivity contribution in [1.82, 2.24) is 5.32 Å². The van der Waals surface area contributed by atoms with Gasteiger partial charge in [-0.25, -0.2) is 0 Å². The average Bonchev–Trinajstić information content (AvgIpc) is 2.59. The van der Waals surface area contributed by atoms with Crippen LogP contribution in [0.5, 0.6) is 0 Å². The first kappa shape index (κ1) is 8.93. The normalized spacial score (nSPS) is 34.5. The lowest BCUT2D eigenvalue weighted by Crippen LogP contribution is -2.19. The lowest BCUT2D eigenvalue weighted by atomic mass is 10.2. The number of nitrogens with one attached hydrogen (secondary N) is 1. The quantitative estimate of drug-likeness (QED) is 0.803. The molecule has 2 unspecified atom stereocenters. The summed E-state index contributed by atoms with van der Waals surface area (Å²) in [5, 5.41) is 3.70. The van der Waals surface area contributed by atoms with E-state index in [1.807, 2.05) is 11.3 Å². The maximum Gasteiger partial charge on any atom is 0.0302 e. The highest BCUT2D eigenvalue weighted by Gasteiger charge is 2.51. The topological polar surface area (TPSA) is 12.0 Å². The van der Waals surface area contributed by atoms with Crippen molar-refractivity contribution in [1.29, 1.82) is 0 Å². The highest BCUT2D eigenvalue weighted by atomic mass is 32.1. The first-order valence-corrected chi connectivity index (χ1v) is 6.45. The third-order valence-corrected chi connectivity index (χ3v) is 4.72. The van der Waals surface area contributed by atoms with Crippen molar-refractivity contribution < 1.29 is 0 Å². The molecule has 0 aromatic carbocycles. The summed E-state index contributed by atoms with van der Waals surface area (Å²) in [5.41, 5.74) is 0. The molecular formula is C12H17NS. The molecule has 2 saturated carbocycles. The maximum atomic E-state index is 3.70. The van der Waals surface area contributed by atoms with Crippen LogP contribution in [-0.2, 0) is 6.54 Å². The molecule has 0 bridgehead atoms. The van der Waals surface area contributed by atoms with E-state index in [0.29, 0.717) is 0 Å². The number of rotatable bonds is 3. The van der Waals surface area contributed by atoms with Gasteiger partial charge in [-0.2, -0.15) is 0 Å². The Morgan fingerprint density at radius 2 is 2.14 bits per heavy atom. The van der Waals surface area contributed by atoms with Crippen LogP contribution in [-0.4, -0.2) is 6.04 Å². The predicted octanol–water partition coefficient (Wildman–Crippen LogP) is 2.94. The zero-order valence-corrected chi connectivity index (χ0v) is 9.44. The fraction of sp³-hybridized carbons (Fsp3) is 0.667. The first-order valence-electron chi connectivity index (χ1n) is 5.63. The van der Waals surface area contributed by atoms with Gasteiger partial charge in [-0.3, -0.25) is 0 Å². The summed E-state index contributed by atoms with van der Waals surface area (Å²) in [6.45, 7) is 3.27. The van der Waals surface area contributed by atoms with Crippen molar-refractivity contribution in [3.05, 3.63) is 21.9 Å². The second kappa shape index (κ2) is 3.35. The van der Waals surface area contributed by atoms with Crippen molar-refractivity contribution >= 4 is 11.3 Å². The van der Waals surface area contributed by atoms with Gasteiger partial charge in [0.15, 0.2) is 0 Å². The van der Waals surface area contributed by atoms with Crippen molar-refractivity contribution in [2.75, 3.05) is 0 Å². The van der Waals surface area contributed by atoms with Gasteiger partial charge in [0.05, 0.1) is 0 Å². The van der Waals surface area contributed by atoms with Gasteiger partial charge >= 0.3 is 0 Å². The minimum atomic E-state index is 0.867. The molecule has 2 atom stereocenters. The summed E-state index contributed by atoms with van der Waals surface area (Å²) in [6.07, 6.45) is 4.43. The standard InChI is InChI=1S/C12H17NS/c1-8-5-6-9(14-8)7-13-12-10-3-2-4-11(10)12/h5-6,10-13H,2-4,7H2,1H3. The number of hydrogen-bond acceptors (Lipinski definition) is 2. The van der Waals surface area contributed by atoms with Gasteiger partial charge in [-0.05, 0) is 43.7 Å². The van der Waals surface area contributed by atoms with Crippen molar-refractivity contribution in [3.8, 4) is 0 Å². The third-order valence-electron chi connectivity index (χ3n) is 3.71. The fourth-order valence-electron chi connectivity index (χ4n) is 2.92. The number of hydrogen-bond donors (Lipinski definition) is 1. The van der Waals surface area contributed by atoms with Crippen LogP contribution in [0, 0.1) is 18.8 Å². The van der Waals surface area contributed by atoms with Gasteiger partial charge in [0, 0.05) is 22.3 Å². The minimum absolute atomic E-state index is 0.867. The summed E-state index contributed by atoms with van der Waals surface area (Å²) in [7, 11) is 0. The molecule has 1 aromatic rings. The van der Waals surface area contributed by atoms with Crippen LogP contribution in [0.4, 0.5) is 0 Å². The van der Waals surface area contributed by atoms with Crippen molar-refractivity contribution in [3.63, 3.8) is 0 Å². The molecule has 1 heterocycles. The minimum Gasteiger partial charge on any atom is -0.309 e. The molecule has 2 aliphatic carbocycles. The molecule has 0 radical (unpaired) electrons. The number of thiophene rings is 1. The van der Waals surface area contributed by atoms with Crippen molar-refractivity contribution in [2.45, 2.75) is 38.8 Å². The van der Waals surface area contributed by atoms with Crippen LogP contribution in [0.25, 0.3) is 0 Å². The Hall–Kier alpha value is -0.340. The molecule has 76 valence electrons. The highest BCUT2D eigenvalue weighted by molar-refractivity contribution is 7.11. The van der Waals surface area contributed by atoms with Gasteiger partial charge in [0.1, 0.15) is 0 Å². The Bertz CT molecular complexity index is 321. The van der Waals surface area contributed by atoms with E-state index < -0.39 is 0 Å². The molecule has 1 aromatic heterocycles. The van der Waals surface area contributed by atoms with E-state index in [9.17, 15) is 0 Å². The Labute approximate surface area is 89.5 Å². The van der Waals surface area contributed by atoms with Crippen LogP contribution in [0.1, 0.15) is 29.0 Å². The van der Waals surface area contributed by atoms with Gasteiger partial charge in [0.2, 0.25) is 0 Å². The van der Waals surface area contributed by atoms with Gasteiger partial charge in [0.25, 0.3) is 0 Å².